The van der Waals surface area contributed by atoms with Crippen LogP contribution in [0, 0.1) is 6.92 Å². The average molecular weight is 448 g/mol. The lowest BCUT2D eigenvalue weighted by Crippen LogP contribution is -2.51. The Labute approximate surface area is 182 Å². The zero-order valence-corrected chi connectivity index (χ0v) is 18.8. The number of imide groups is 1. The van der Waals surface area contributed by atoms with Crippen LogP contribution in [0.1, 0.15) is 50.2 Å². The fourth-order valence-electron chi connectivity index (χ4n) is 5.02. The summed E-state index contributed by atoms with van der Waals surface area (Å²) in [7, 11) is -3.16. The largest absolute Gasteiger partial charge is 0.334 e. The summed E-state index contributed by atoms with van der Waals surface area (Å²) in [6.07, 6.45) is 4.03. The maximum Gasteiger partial charge on any atom is 0.325 e. The Kier molecular flexibility index (Phi) is 5.57. The molecule has 8 nitrogen and oxygen atoms in total. The predicted octanol–water partition coefficient (Wildman–Crippen LogP) is 1.72. The van der Waals surface area contributed by atoms with Gasteiger partial charge in [-0.05, 0) is 38.7 Å². The first-order valence-electron chi connectivity index (χ1n) is 10.8. The Bertz CT molecular complexity index is 1000. The molecule has 1 aromatic rings. The molecule has 2 heterocycles. The van der Waals surface area contributed by atoms with E-state index in [1.165, 1.54) is 0 Å². The Balaban J connectivity index is 1.55. The molecule has 0 spiro atoms. The van der Waals surface area contributed by atoms with E-state index in [2.05, 4.69) is 5.32 Å². The molecule has 31 heavy (non-hydrogen) atoms. The van der Waals surface area contributed by atoms with Gasteiger partial charge in [0.05, 0.1) is 11.5 Å². The Morgan fingerprint density at radius 3 is 2.35 bits per heavy atom. The molecule has 0 radical (unpaired) electrons. The highest BCUT2D eigenvalue weighted by atomic mass is 32.2. The normalized spacial score (nSPS) is 28.2. The summed E-state index contributed by atoms with van der Waals surface area (Å²) in [5.74, 6) is -0.801. The van der Waals surface area contributed by atoms with Crippen molar-refractivity contribution in [1.29, 1.82) is 0 Å². The summed E-state index contributed by atoms with van der Waals surface area (Å²) < 4.78 is 24.1. The highest BCUT2D eigenvalue weighted by Gasteiger charge is 2.50. The van der Waals surface area contributed by atoms with Crippen LogP contribution in [-0.2, 0) is 25.0 Å². The first-order chi connectivity index (χ1) is 14.6. The molecule has 1 saturated carbocycles. The van der Waals surface area contributed by atoms with Gasteiger partial charge in [0.25, 0.3) is 5.91 Å². The first-order valence-corrected chi connectivity index (χ1v) is 12.7. The van der Waals surface area contributed by atoms with Gasteiger partial charge in [0.2, 0.25) is 5.91 Å². The molecule has 0 bridgehead atoms. The van der Waals surface area contributed by atoms with E-state index in [1.807, 2.05) is 19.1 Å². The minimum atomic E-state index is -3.16. The van der Waals surface area contributed by atoms with E-state index >= 15 is 0 Å². The summed E-state index contributed by atoms with van der Waals surface area (Å²) in [6.45, 7) is 3.20. The van der Waals surface area contributed by atoms with Gasteiger partial charge in [-0.3, -0.25) is 14.5 Å². The molecule has 2 saturated heterocycles. The second-order valence-electron chi connectivity index (χ2n) is 9.11. The summed E-state index contributed by atoms with van der Waals surface area (Å²) in [6, 6.07) is 6.32. The number of nitrogens with one attached hydrogen (secondary N) is 1. The summed E-state index contributed by atoms with van der Waals surface area (Å²) in [4.78, 5) is 41.8. The van der Waals surface area contributed by atoms with Crippen molar-refractivity contribution in [3.05, 3.63) is 35.4 Å². The second-order valence-corrected chi connectivity index (χ2v) is 11.3. The third-order valence-electron chi connectivity index (χ3n) is 6.81. The van der Waals surface area contributed by atoms with Crippen LogP contribution in [0.5, 0.6) is 0 Å². The van der Waals surface area contributed by atoms with Crippen molar-refractivity contribution in [2.75, 3.05) is 18.1 Å². The smallest absolute Gasteiger partial charge is 0.325 e. The zero-order chi connectivity index (χ0) is 22.4. The van der Waals surface area contributed by atoms with Gasteiger partial charge in [-0.1, -0.05) is 42.7 Å². The first kappa shape index (κ1) is 21.8. The van der Waals surface area contributed by atoms with Crippen LogP contribution in [0.2, 0.25) is 0 Å². The number of amides is 4. The third-order valence-corrected chi connectivity index (χ3v) is 8.56. The van der Waals surface area contributed by atoms with Crippen LogP contribution in [0.4, 0.5) is 4.79 Å². The number of carbonyl (C=O) groups is 3. The third kappa shape index (κ3) is 4.07. The van der Waals surface area contributed by atoms with Crippen molar-refractivity contribution >= 4 is 27.7 Å². The standard InChI is InChI=1S/C22H29N3O5S/c1-15-7-9-16(10-8-15)22(2)20(27)24(21(28)23-22)13-19(26)25(17-5-3-4-6-17)18-11-12-31(29,30)14-18/h7-10,17-18H,3-6,11-14H2,1-2H3,(H,23,28)/t18-,22+/m0/s1. The zero-order valence-electron chi connectivity index (χ0n) is 18.0. The number of benzene rings is 1. The van der Waals surface area contributed by atoms with E-state index in [0.717, 1.165) is 36.1 Å². The molecule has 1 aliphatic carbocycles. The Hall–Kier alpha value is -2.42. The lowest BCUT2D eigenvalue weighted by molar-refractivity contribution is -0.141. The fraction of sp³-hybridized carbons (Fsp3) is 0.591. The van der Waals surface area contributed by atoms with E-state index in [0.29, 0.717) is 12.0 Å². The van der Waals surface area contributed by atoms with Crippen molar-refractivity contribution in [2.24, 2.45) is 0 Å². The fourth-order valence-corrected chi connectivity index (χ4v) is 6.73. The van der Waals surface area contributed by atoms with Gasteiger partial charge in [-0.2, -0.15) is 0 Å². The topological polar surface area (TPSA) is 104 Å². The molecule has 1 aromatic carbocycles. The summed E-state index contributed by atoms with van der Waals surface area (Å²) in [5.41, 5.74) is 0.454. The molecule has 0 unspecified atom stereocenters. The summed E-state index contributed by atoms with van der Waals surface area (Å²) in [5, 5.41) is 2.73. The van der Waals surface area contributed by atoms with Crippen LogP contribution >= 0.6 is 0 Å². The highest BCUT2D eigenvalue weighted by molar-refractivity contribution is 7.91. The maximum absolute atomic E-state index is 13.3. The molecule has 0 aromatic heterocycles. The van der Waals surface area contributed by atoms with E-state index < -0.39 is 27.3 Å². The lowest BCUT2D eigenvalue weighted by atomic mass is 9.91. The molecule has 2 atom stereocenters. The van der Waals surface area contributed by atoms with E-state index in [1.54, 1.807) is 24.0 Å². The van der Waals surface area contributed by atoms with Gasteiger partial charge in [-0.15, -0.1) is 0 Å². The van der Waals surface area contributed by atoms with Crippen LogP contribution in [0.15, 0.2) is 24.3 Å². The minimum Gasteiger partial charge on any atom is -0.334 e. The molecule has 168 valence electrons. The number of hydrogen-bond acceptors (Lipinski definition) is 5. The molecule has 4 amide bonds. The average Bonchev–Trinajstić information content (AvgIpc) is 3.40. The highest BCUT2D eigenvalue weighted by Crippen LogP contribution is 2.32. The van der Waals surface area contributed by atoms with Crippen molar-refractivity contribution < 1.29 is 22.8 Å². The minimum absolute atomic E-state index is 0.0324. The quantitative estimate of drug-likeness (QED) is 0.692. The van der Waals surface area contributed by atoms with Crippen molar-refractivity contribution in [2.45, 2.75) is 63.6 Å². The van der Waals surface area contributed by atoms with Gasteiger partial charge in [-0.25, -0.2) is 13.2 Å². The molecular formula is C22H29N3O5S. The molecular weight excluding hydrogens is 418 g/mol. The monoisotopic (exact) mass is 447 g/mol. The molecule has 4 rings (SSSR count). The maximum atomic E-state index is 13.3. The molecule has 1 N–H and O–H groups in total. The van der Waals surface area contributed by atoms with Crippen LogP contribution < -0.4 is 5.32 Å². The number of urea groups is 1. The van der Waals surface area contributed by atoms with Gasteiger partial charge in [0, 0.05) is 12.1 Å². The van der Waals surface area contributed by atoms with Crippen LogP contribution in [0.25, 0.3) is 0 Å². The Morgan fingerprint density at radius 1 is 1.13 bits per heavy atom. The van der Waals surface area contributed by atoms with Crippen molar-refractivity contribution in [1.82, 2.24) is 15.1 Å². The van der Waals surface area contributed by atoms with E-state index in [-0.39, 0.29) is 36.0 Å². The number of rotatable bonds is 5. The number of aryl methyl sites for hydroxylation is 1. The molecule has 3 fully saturated rings. The number of hydrogen-bond donors (Lipinski definition) is 1. The van der Waals surface area contributed by atoms with E-state index in [9.17, 15) is 22.8 Å². The van der Waals surface area contributed by atoms with Gasteiger partial charge in [0.1, 0.15) is 12.1 Å². The van der Waals surface area contributed by atoms with Crippen LogP contribution in [-0.4, -0.2) is 66.2 Å². The lowest BCUT2D eigenvalue weighted by Gasteiger charge is -2.35. The summed E-state index contributed by atoms with van der Waals surface area (Å²) >= 11 is 0. The molecule has 9 heteroatoms. The van der Waals surface area contributed by atoms with Crippen molar-refractivity contribution in [3.8, 4) is 0 Å². The molecule has 2 aliphatic heterocycles. The molecule has 3 aliphatic rings. The van der Waals surface area contributed by atoms with E-state index in [4.69, 9.17) is 0 Å². The van der Waals surface area contributed by atoms with Gasteiger partial charge in [0.15, 0.2) is 9.84 Å². The predicted molar refractivity (Wildman–Crippen MR) is 115 cm³/mol. The second kappa shape index (κ2) is 7.93. The SMILES string of the molecule is Cc1ccc([C@@]2(C)NC(=O)N(CC(=O)N(C3CCCC3)[C@H]3CCS(=O)(=O)C3)C2=O)cc1. The van der Waals surface area contributed by atoms with Gasteiger partial charge >= 0.3 is 6.03 Å². The van der Waals surface area contributed by atoms with Crippen molar-refractivity contribution in [3.63, 3.8) is 0 Å². The Morgan fingerprint density at radius 2 is 1.77 bits per heavy atom. The number of nitrogens with zero attached hydrogens (tertiary/aromatic N) is 2. The number of sulfone groups is 1. The van der Waals surface area contributed by atoms with Crippen LogP contribution in [0.3, 0.4) is 0 Å². The number of carbonyl (C=O) groups excluding carboxylic acids is 3. The van der Waals surface area contributed by atoms with Gasteiger partial charge < -0.3 is 10.2 Å².